The van der Waals surface area contributed by atoms with E-state index in [0.29, 0.717) is 12.2 Å². The predicted octanol–water partition coefficient (Wildman–Crippen LogP) is 4.42. The van der Waals surface area contributed by atoms with Gasteiger partial charge in [0.25, 0.3) is 0 Å². The third-order valence-electron chi connectivity index (χ3n) is 2.91. The SMILES string of the molecule is Cc1cc(C)cc(CNC(=O)Nc2ccc(F)c(Cl)c2)c1. The lowest BCUT2D eigenvalue weighted by atomic mass is 10.1. The van der Waals surface area contributed by atoms with Gasteiger partial charge in [-0.1, -0.05) is 40.9 Å². The molecule has 2 aromatic rings. The van der Waals surface area contributed by atoms with Crippen LogP contribution in [0.25, 0.3) is 0 Å². The Labute approximate surface area is 128 Å². The number of carbonyl (C=O) groups is 1. The fraction of sp³-hybridized carbons (Fsp3) is 0.188. The minimum absolute atomic E-state index is 0.0258. The largest absolute Gasteiger partial charge is 0.334 e. The molecule has 0 aliphatic rings. The van der Waals surface area contributed by atoms with Gasteiger partial charge in [0.2, 0.25) is 0 Å². The monoisotopic (exact) mass is 306 g/mol. The van der Waals surface area contributed by atoms with E-state index in [2.05, 4.69) is 16.7 Å². The number of amides is 2. The number of benzene rings is 2. The second-order valence-corrected chi connectivity index (χ2v) is 5.34. The third kappa shape index (κ3) is 4.46. The lowest BCUT2D eigenvalue weighted by molar-refractivity contribution is 0.251. The van der Waals surface area contributed by atoms with Crippen molar-refractivity contribution in [2.45, 2.75) is 20.4 Å². The van der Waals surface area contributed by atoms with Crippen molar-refractivity contribution in [3.8, 4) is 0 Å². The molecule has 2 amide bonds. The minimum atomic E-state index is -0.516. The summed E-state index contributed by atoms with van der Waals surface area (Å²) in [6.07, 6.45) is 0. The predicted molar refractivity (Wildman–Crippen MR) is 83.2 cm³/mol. The Balaban J connectivity index is 1.94. The smallest absolute Gasteiger partial charge is 0.319 e. The first-order valence-electron chi connectivity index (χ1n) is 6.51. The normalized spacial score (nSPS) is 10.3. The molecular formula is C16H16ClFN2O. The fourth-order valence-electron chi connectivity index (χ4n) is 2.10. The Hall–Kier alpha value is -2.07. The van der Waals surface area contributed by atoms with Crippen LogP contribution in [-0.2, 0) is 6.54 Å². The molecule has 0 aromatic heterocycles. The van der Waals surface area contributed by atoms with Gasteiger partial charge >= 0.3 is 6.03 Å². The van der Waals surface area contributed by atoms with Crippen molar-refractivity contribution in [3.05, 3.63) is 63.9 Å². The highest BCUT2D eigenvalue weighted by Crippen LogP contribution is 2.19. The molecule has 21 heavy (non-hydrogen) atoms. The molecule has 0 aliphatic heterocycles. The first-order chi connectivity index (χ1) is 9.94. The Bertz CT molecular complexity index is 653. The Morgan fingerprint density at radius 3 is 2.43 bits per heavy atom. The van der Waals surface area contributed by atoms with Crippen LogP contribution in [0.5, 0.6) is 0 Å². The molecule has 0 radical (unpaired) electrons. The minimum Gasteiger partial charge on any atom is -0.334 e. The van der Waals surface area contributed by atoms with Gasteiger partial charge < -0.3 is 10.6 Å². The molecular weight excluding hydrogens is 291 g/mol. The zero-order valence-electron chi connectivity index (χ0n) is 11.8. The average molecular weight is 307 g/mol. The van der Waals surface area contributed by atoms with Crippen molar-refractivity contribution in [1.29, 1.82) is 0 Å². The van der Waals surface area contributed by atoms with Crippen molar-refractivity contribution in [2.24, 2.45) is 0 Å². The highest BCUT2D eigenvalue weighted by molar-refractivity contribution is 6.31. The zero-order valence-corrected chi connectivity index (χ0v) is 12.6. The lowest BCUT2D eigenvalue weighted by Crippen LogP contribution is -2.28. The van der Waals surface area contributed by atoms with Crippen LogP contribution in [0.1, 0.15) is 16.7 Å². The summed E-state index contributed by atoms with van der Waals surface area (Å²) in [4.78, 5) is 11.8. The zero-order chi connectivity index (χ0) is 15.4. The van der Waals surface area contributed by atoms with Gasteiger partial charge in [-0.15, -0.1) is 0 Å². The van der Waals surface area contributed by atoms with E-state index in [4.69, 9.17) is 11.6 Å². The molecule has 0 saturated carbocycles. The molecule has 0 fully saturated rings. The maximum Gasteiger partial charge on any atom is 0.319 e. The summed E-state index contributed by atoms with van der Waals surface area (Å²) in [6, 6.07) is 9.78. The molecule has 0 saturated heterocycles. The van der Waals surface area contributed by atoms with Gasteiger partial charge in [0.15, 0.2) is 0 Å². The summed E-state index contributed by atoms with van der Waals surface area (Å²) in [5, 5.41) is 5.33. The molecule has 0 bridgehead atoms. The van der Waals surface area contributed by atoms with Gasteiger partial charge in [0.05, 0.1) is 5.02 Å². The van der Waals surface area contributed by atoms with Crippen LogP contribution in [0.2, 0.25) is 5.02 Å². The van der Waals surface area contributed by atoms with E-state index in [1.54, 1.807) is 0 Å². The standard InChI is InChI=1S/C16H16ClFN2O/c1-10-5-11(2)7-12(6-10)9-19-16(21)20-13-3-4-15(18)14(17)8-13/h3-8H,9H2,1-2H3,(H2,19,20,21). The molecule has 2 aromatic carbocycles. The summed E-state index contributed by atoms with van der Waals surface area (Å²) in [6.45, 7) is 4.44. The number of hydrogen-bond donors (Lipinski definition) is 2. The number of rotatable bonds is 3. The number of hydrogen-bond acceptors (Lipinski definition) is 1. The van der Waals surface area contributed by atoms with E-state index in [-0.39, 0.29) is 11.1 Å². The Kier molecular flexibility index (Phi) is 4.81. The molecule has 0 unspecified atom stereocenters. The molecule has 0 aliphatic carbocycles. The molecule has 0 spiro atoms. The van der Waals surface area contributed by atoms with Gasteiger partial charge in [-0.3, -0.25) is 0 Å². The van der Waals surface area contributed by atoms with Gasteiger partial charge in [0.1, 0.15) is 5.82 Å². The van der Waals surface area contributed by atoms with Crippen molar-refractivity contribution in [1.82, 2.24) is 5.32 Å². The quantitative estimate of drug-likeness (QED) is 0.866. The third-order valence-corrected chi connectivity index (χ3v) is 3.20. The molecule has 0 heterocycles. The molecule has 5 heteroatoms. The number of anilines is 1. The summed E-state index contributed by atoms with van der Waals surface area (Å²) in [5.41, 5.74) is 3.77. The summed E-state index contributed by atoms with van der Waals surface area (Å²) >= 11 is 5.66. The number of nitrogens with one attached hydrogen (secondary N) is 2. The van der Waals surface area contributed by atoms with Crippen LogP contribution in [-0.4, -0.2) is 6.03 Å². The highest BCUT2D eigenvalue weighted by atomic mass is 35.5. The second-order valence-electron chi connectivity index (χ2n) is 4.93. The number of aryl methyl sites for hydroxylation is 2. The number of carbonyl (C=O) groups excluding carboxylic acids is 1. The first kappa shape index (κ1) is 15.3. The van der Waals surface area contributed by atoms with Gasteiger partial charge in [0, 0.05) is 12.2 Å². The van der Waals surface area contributed by atoms with Crippen LogP contribution < -0.4 is 10.6 Å². The second kappa shape index (κ2) is 6.59. The highest BCUT2D eigenvalue weighted by Gasteiger charge is 2.05. The number of halogens is 2. The molecule has 0 atom stereocenters. The van der Waals surface area contributed by atoms with Crippen LogP contribution in [0.3, 0.4) is 0 Å². The van der Waals surface area contributed by atoms with E-state index in [9.17, 15) is 9.18 Å². The summed E-state index contributed by atoms with van der Waals surface area (Å²) < 4.78 is 13.0. The van der Waals surface area contributed by atoms with Crippen LogP contribution >= 0.6 is 11.6 Å². The van der Waals surface area contributed by atoms with Crippen molar-refractivity contribution >= 4 is 23.3 Å². The summed E-state index contributed by atoms with van der Waals surface area (Å²) in [5.74, 6) is -0.516. The fourth-order valence-corrected chi connectivity index (χ4v) is 2.28. The molecule has 2 rings (SSSR count). The van der Waals surface area contributed by atoms with Gasteiger partial charge in [-0.25, -0.2) is 9.18 Å². The number of urea groups is 1. The van der Waals surface area contributed by atoms with Crippen LogP contribution in [0, 0.1) is 19.7 Å². The Morgan fingerprint density at radius 1 is 1.14 bits per heavy atom. The van der Waals surface area contributed by atoms with Crippen molar-refractivity contribution < 1.29 is 9.18 Å². The van der Waals surface area contributed by atoms with E-state index < -0.39 is 5.82 Å². The van der Waals surface area contributed by atoms with E-state index in [0.717, 1.165) is 16.7 Å². The van der Waals surface area contributed by atoms with Crippen molar-refractivity contribution in [3.63, 3.8) is 0 Å². The lowest BCUT2D eigenvalue weighted by Gasteiger charge is -2.09. The van der Waals surface area contributed by atoms with Crippen LogP contribution in [0.4, 0.5) is 14.9 Å². The topological polar surface area (TPSA) is 41.1 Å². The van der Waals surface area contributed by atoms with E-state index in [1.165, 1.54) is 18.2 Å². The Morgan fingerprint density at radius 2 is 1.81 bits per heavy atom. The van der Waals surface area contributed by atoms with Gasteiger partial charge in [-0.05, 0) is 37.6 Å². The molecule has 110 valence electrons. The van der Waals surface area contributed by atoms with Crippen LogP contribution in [0.15, 0.2) is 36.4 Å². The summed E-state index contributed by atoms with van der Waals surface area (Å²) in [7, 11) is 0. The maximum atomic E-state index is 13.0. The first-order valence-corrected chi connectivity index (χ1v) is 6.89. The average Bonchev–Trinajstić information content (AvgIpc) is 2.40. The van der Waals surface area contributed by atoms with Crippen molar-refractivity contribution in [2.75, 3.05) is 5.32 Å². The molecule has 2 N–H and O–H groups in total. The van der Waals surface area contributed by atoms with E-state index in [1.807, 2.05) is 26.0 Å². The molecule has 3 nitrogen and oxygen atoms in total. The van der Waals surface area contributed by atoms with E-state index >= 15 is 0 Å². The maximum absolute atomic E-state index is 13.0. The van der Waals surface area contributed by atoms with Gasteiger partial charge in [-0.2, -0.15) is 0 Å².